The third-order valence-electron chi connectivity index (χ3n) is 4.45. The van der Waals surface area contributed by atoms with E-state index in [-0.39, 0.29) is 37.4 Å². The summed E-state index contributed by atoms with van der Waals surface area (Å²) in [6.07, 6.45) is 2.48. The molecule has 2 fully saturated rings. The zero-order valence-electron chi connectivity index (χ0n) is 13.7. The molecule has 2 aliphatic heterocycles. The molecular formula is C14H25N3O5S. The van der Waals surface area contributed by atoms with E-state index in [1.54, 1.807) is 4.90 Å². The first-order valence-corrected chi connectivity index (χ1v) is 9.71. The van der Waals surface area contributed by atoms with Crippen LogP contribution in [-0.2, 0) is 24.3 Å². The third-order valence-corrected chi connectivity index (χ3v) is 5.72. The summed E-state index contributed by atoms with van der Waals surface area (Å²) in [5.41, 5.74) is 0. The van der Waals surface area contributed by atoms with Crippen LogP contribution in [0.5, 0.6) is 0 Å². The first kappa shape index (κ1) is 18.2. The Balaban J connectivity index is 2.14. The molecule has 2 rings (SSSR count). The van der Waals surface area contributed by atoms with Crippen molar-refractivity contribution in [3.8, 4) is 0 Å². The zero-order valence-corrected chi connectivity index (χ0v) is 14.5. The lowest BCUT2D eigenvalue weighted by molar-refractivity contribution is -0.139. The molecule has 1 N–H and O–H groups in total. The predicted molar refractivity (Wildman–Crippen MR) is 84.1 cm³/mol. The molecule has 132 valence electrons. The summed E-state index contributed by atoms with van der Waals surface area (Å²) in [6, 6.07) is 0. The number of ether oxygens (including phenoxy) is 1. The van der Waals surface area contributed by atoms with E-state index in [0.717, 1.165) is 6.26 Å². The second-order valence-corrected chi connectivity index (χ2v) is 8.09. The highest BCUT2D eigenvalue weighted by Crippen LogP contribution is 2.20. The highest BCUT2D eigenvalue weighted by molar-refractivity contribution is 7.88. The van der Waals surface area contributed by atoms with Crippen molar-refractivity contribution < 1.29 is 22.7 Å². The molecule has 2 heterocycles. The van der Waals surface area contributed by atoms with E-state index >= 15 is 0 Å². The molecule has 1 atom stereocenters. The van der Waals surface area contributed by atoms with Gasteiger partial charge < -0.3 is 15.0 Å². The average Bonchev–Trinajstić information content (AvgIpc) is 2.77. The number of nitrogens with one attached hydrogen (secondary N) is 1. The number of nitrogens with zero attached hydrogens (tertiary/aromatic N) is 2. The largest absolute Gasteiger partial charge is 0.381 e. The van der Waals surface area contributed by atoms with Gasteiger partial charge in [0.25, 0.3) is 0 Å². The topological polar surface area (TPSA) is 96.0 Å². The summed E-state index contributed by atoms with van der Waals surface area (Å²) in [5.74, 6) is -0.900. The fourth-order valence-corrected chi connectivity index (χ4v) is 3.92. The van der Waals surface area contributed by atoms with Crippen LogP contribution < -0.4 is 5.32 Å². The molecule has 2 amide bonds. The van der Waals surface area contributed by atoms with Crippen LogP contribution in [0, 0.1) is 11.8 Å². The molecule has 8 nitrogen and oxygen atoms in total. The Hall–Kier alpha value is -1.19. The summed E-state index contributed by atoms with van der Waals surface area (Å²) in [5, 5.41) is 2.56. The molecule has 1 unspecified atom stereocenters. The van der Waals surface area contributed by atoms with Crippen molar-refractivity contribution in [2.45, 2.75) is 12.8 Å². The van der Waals surface area contributed by atoms with Crippen LogP contribution in [0.15, 0.2) is 0 Å². The van der Waals surface area contributed by atoms with E-state index in [1.807, 2.05) is 0 Å². The minimum Gasteiger partial charge on any atom is -0.381 e. The van der Waals surface area contributed by atoms with E-state index in [1.165, 1.54) is 11.4 Å². The fourth-order valence-electron chi connectivity index (χ4n) is 3.06. The van der Waals surface area contributed by atoms with Gasteiger partial charge in [-0.15, -0.1) is 0 Å². The van der Waals surface area contributed by atoms with E-state index in [2.05, 4.69) is 5.32 Å². The molecule has 0 aromatic carbocycles. The van der Waals surface area contributed by atoms with Crippen molar-refractivity contribution in [3.05, 3.63) is 0 Å². The van der Waals surface area contributed by atoms with Gasteiger partial charge in [0.15, 0.2) is 0 Å². The SMILES string of the molecule is CNC(=O)C1CN(C(=O)C2CCOCC2)CCN(S(C)(=O)=O)C1. The van der Waals surface area contributed by atoms with Crippen molar-refractivity contribution in [2.24, 2.45) is 11.8 Å². The van der Waals surface area contributed by atoms with Gasteiger partial charge in [-0.05, 0) is 12.8 Å². The number of rotatable bonds is 3. The van der Waals surface area contributed by atoms with Gasteiger partial charge in [0, 0.05) is 52.4 Å². The van der Waals surface area contributed by atoms with Gasteiger partial charge in [-0.3, -0.25) is 9.59 Å². The smallest absolute Gasteiger partial charge is 0.225 e. The van der Waals surface area contributed by atoms with E-state index in [4.69, 9.17) is 4.74 Å². The summed E-state index contributed by atoms with van der Waals surface area (Å²) < 4.78 is 30.3. The van der Waals surface area contributed by atoms with Crippen LogP contribution in [0.1, 0.15) is 12.8 Å². The van der Waals surface area contributed by atoms with E-state index in [9.17, 15) is 18.0 Å². The van der Waals surface area contributed by atoms with Crippen molar-refractivity contribution in [2.75, 3.05) is 52.7 Å². The third kappa shape index (κ3) is 4.65. The Labute approximate surface area is 137 Å². The highest BCUT2D eigenvalue weighted by Gasteiger charge is 2.35. The molecule has 2 saturated heterocycles. The fraction of sp³-hybridized carbons (Fsp3) is 0.857. The Kier molecular flexibility index (Phi) is 5.99. The number of carbonyl (C=O) groups is 2. The van der Waals surface area contributed by atoms with Crippen LogP contribution in [0.3, 0.4) is 0 Å². The lowest BCUT2D eigenvalue weighted by atomic mass is 9.98. The summed E-state index contributed by atoms with van der Waals surface area (Å²) in [7, 11) is -1.89. The van der Waals surface area contributed by atoms with E-state index < -0.39 is 15.9 Å². The standard InChI is InChI=1S/C14H25N3O5S/c1-15-13(18)12-9-16(5-6-17(10-12)23(2,20)21)14(19)11-3-7-22-8-4-11/h11-12H,3-10H2,1-2H3,(H,15,18). The second kappa shape index (κ2) is 7.59. The number of hydrogen-bond donors (Lipinski definition) is 1. The quantitative estimate of drug-likeness (QED) is 0.698. The lowest BCUT2D eigenvalue weighted by Crippen LogP contribution is -2.44. The molecule has 0 aromatic heterocycles. The Bertz CT molecular complexity index is 545. The Morgan fingerprint density at radius 1 is 1.09 bits per heavy atom. The molecule has 0 radical (unpaired) electrons. The van der Waals surface area contributed by atoms with Crippen molar-refractivity contribution in [1.82, 2.24) is 14.5 Å². The second-order valence-electron chi connectivity index (χ2n) is 6.10. The van der Waals surface area contributed by atoms with E-state index in [0.29, 0.717) is 32.6 Å². The molecular weight excluding hydrogens is 322 g/mol. The van der Waals surface area contributed by atoms with Crippen LogP contribution in [-0.4, -0.2) is 82.1 Å². The Morgan fingerprint density at radius 3 is 2.30 bits per heavy atom. The number of hydrogen-bond acceptors (Lipinski definition) is 5. The minimum absolute atomic E-state index is 0.00226. The summed E-state index contributed by atoms with van der Waals surface area (Å²) >= 11 is 0. The number of amides is 2. The maximum atomic E-state index is 12.7. The molecule has 0 bridgehead atoms. The van der Waals surface area contributed by atoms with Gasteiger partial charge in [0.1, 0.15) is 0 Å². The van der Waals surface area contributed by atoms with Gasteiger partial charge in [-0.2, -0.15) is 4.31 Å². The zero-order chi connectivity index (χ0) is 17.0. The normalized spacial score (nSPS) is 25.0. The monoisotopic (exact) mass is 347 g/mol. The molecule has 0 saturated carbocycles. The maximum absolute atomic E-state index is 12.7. The molecule has 23 heavy (non-hydrogen) atoms. The van der Waals surface area contributed by atoms with Gasteiger partial charge in [0.2, 0.25) is 21.8 Å². The van der Waals surface area contributed by atoms with Gasteiger partial charge in [0.05, 0.1) is 12.2 Å². The molecule has 0 spiro atoms. The van der Waals surface area contributed by atoms with Gasteiger partial charge >= 0.3 is 0 Å². The van der Waals surface area contributed by atoms with Gasteiger partial charge in [-0.25, -0.2) is 8.42 Å². The molecule has 2 aliphatic rings. The first-order valence-electron chi connectivity index (χ1n) is 7.86. The summed E-state index contributed by atoms with van der Waals surface area (Å²) in [4.78, 5) is 26.4. The molecule has 9 heteroatoms. The van der Waals surface area contributed by atoms with Crippen molar-refractivity contribution >= 4 is 21.8 Å². The van der Waals surface area contributed by atoms with Crippen LogP contribution >= 0.6 is 0 Å². The van der Waals surface area contributed by atoms with Gasteiger partial charge in [-0.1, -0.05) is 0 Å². The predicted octanol–water partition coefficient (Wildman–Crippen LogP) is -1.12. The average molecular weight is 347 g/mol. The number of carbonyl (C=O) groups excluding carboxylic acids is 2. The minimum atomic E-state index is -3.40. The van der Waals surface area contributed by atoms with Crippen molar-refractivity contribution in [1.29, 1.82) is 0 Å². The lowest BCUT2D eigenvalue weighted by Gasteiger charge is -2.29. The first-order chi connectivity index (χ1) is 10.8. The highest BCUT2D eigenvalue weighted by atomic mass is 32.2. The van der Waals surface area contributed by atoms with Crippen LogP contribution in [0.4, 0.5) is 0 Å². The van der Waals surface area contributed by atoms with Crippen LogP contribution in [0.25, 0.3) is 0 Å². The van der Waals surface area contributed by atoms with Crippen molar-refractivity contribution in [3.63, 3.8) is 0 Å². The molecule has 0 aromatic rings. The van der Waals surface area contributed by atoms with Crippen LogP contribution in [0.2, 0.25) is 0 Å². The molecule has 0 aliphatic carbocycles. The maximum Gasteiger partial charge on any atom is 0.225 e. The Morgan fingerprint density at radius 2 is 1.74 bits per heavy atom. The number of sulfonamides is 1. The summed E-state index contributed by atoms with van der Waals surface area (Å²) in [6.45, 7) is 2.03.